The fraction of sp³-hybridized carbons (Fsp3) is 0.435. The molecule has 7 nitrogen and oxygen atoms in total. The number of hydrogen-bond acceptors (Lipinski definition) is 4. The van der Waals surface area contributed by atoms with E-state index in [9.17, 15) is 9.59 Å². The predicted molar refractivity (Wildman–Crippen MR) is 114 cm³/mol. The molecule has 1 saturated heterocycles. The van der Waals surface area contributed by atoms with Crippen LogP contribution in [0.2, 0.25) is 0 Å². The molecule has 1 saturated carbocycles. The van der Waals surface area contributed by atoms with Gasteiger partial charge in [0.05, 0.1) is 12.7 Å². The molecule has 30 heavy (non-hydrogen) atoms. The SMILES string of the molecule is COc1ccc2[nH]c(=O)c(-c3nccn3CC3CCCN(C(=O)C4CC4)C3)cc2c1. The lowest BCUT2D eigenvalue weighted by Gasteiger charge is -2.33. The summed E-state index contributed by atoms with van der Waals surface area (Å²) in [6.45, 7) is 2.41. The van der Waals surface area contributed by atoms with Gasteiger partial charge in [0, 0.05) is 48.8 Å². The van der Waals surface area contributed by atoms with Crippen molar-refractivity contribution in [2.75, 3.05) is 20.2 Å². The maximum absolute atomic E-state index is 12.8. The number of rotatable bonds is 5. The number of aromatic nitrogens is 3. The van der Waals surface area contributed by atoms with Gasteiger partial charge in [-0.2, -0.15) is 0 Å². The van der Waals surface area contributed by atoms with Crippen molar-refractivity contribution in [3.8, 4) is 17.1 Å². The zero-order valence-electron chi connectivity index (χ0n) is 17.1. The number of fused-ring (bicyclic) bond motifs is 1. The quantitative estimate of drug-likeness (QED) is 0.706. The lowest BCUT2D eigenvalue weighted by molar-refractivity contribution is -0.134. The molecule has 0 bridgehead atoms. The highest BCUT2D eigenvalue weighted by Gasteiger charge is 2.35. The van der Waals surface area contributed by atoms with Gasteiger partial charge in [-0.1, -0.05) is 0 Å². The molecule has 2 aliphatic rings. The summed E-state index contributed by atoms with van der Waals surface area (Å²) in [5.41, 5.74) is 1.15. The highest BCUT2D eigenvalue weighted by atomic mass is 16.5. The number of carbonyl (C=O) groups excluding carboxylic acids is 1. The molecule has 0 spiro atoms. The minimum atomic E-state index is -0.158. The number of aromatic amines is 1. The van der Waals surface area contributed by atoms with E-state index in [-0.39, 0.29) is 11.5 Å². The number of piperidine rings is 1. The first-order valence-electron chi connectivity index (χ1n) is 10.6. The normalized spacial score (nSPS) is 19.2. The molecule has 2 fully saturated rings. The lowest BCUT2D eigenvalue weighted by Crippen LogP contribution is -2.41. The number of likely N-dealkylation sites (tertiary alicyclic amines) is 1. The number of nitrogens with one attached hydrogen (secondary N) is 1. The number of ether oxygens (including phenoxy) is 1. The third-order valence-corrected chi connectivity index (χ3v) is 6.22. The summed E-state index contributed by atoms with van der Waals surface area (Å²) in [6, 6.07) is 7.46. The average Bonchev–Trinajstić information content (AvgIpc) is 3.52. The van der Waals surface area contributed by atoms with Crippen LogP contribution in [0.15, 0.2) is 41.5 Å². The number of pyridine rings is 1. The summed E-state index contributed by atoms with van der Waals surface area (Å²) in [6.07, 6.45) is 7.86. The molecule has 0 radical (unpaired) electrons. The van der Waals surface area contributed by atoms with Crippen LogP contribution < -0.4 is 10.3 Å². The fourth-order valence-corrected chi connectivity index (χ4v) is 4.46. The molecular weight excluding hydrogens is 380 g/mol. The molecule has 1 atom stereocenters. The van der Waals surface area contributed by atoms with Gasteiger partial charge in [0.1, 0.15) is 11.6 Å². The molecule has 1 aliphatic heterocycles. The van der Waals surface area contributed by atoms with Crippen LogP contribution in [-0.2, 0) is 11.3 Å². The second kappa shape index (κ2) is 7.63. The van der Waals surface area contributed by atoms with Gasteiger partial charge in [0.15, 0.2) is 0 Å². The summed E-state index contributed by atoms with van der Waals surface area (Å²) in [7, 11) is 1.63. The molecule has 5 rings (SSSR count). The largest absolute Gasteiger partial charge is 0.497 e. The van der Waals surface area contributed by atoms with Crippen molar-refractivity contribution in [2.24, 2.45) is 11.8 Å². The summed E-state index contributed by atoms with van der Waals surface area (Å²) in [5.74, 6) is 2.36. The molecule has 7 heteroatoms. The molecule has 156 valence electrons. The molecule has 1 N–H and O–H groups in total. The van der Waals surface area contributed by atoms with E-state index >= 15 is 0 Å². The topological polar surface area (TPSA) is 80.2 Å². The minimum absolute atomic E-state index is 0.158. The van der Waals surface area contributed by atoms with E-state index in [0.29, 0.717) is 23.2 Å². The van der Waals surface area contributed by atoms with E-state index in [2.05, 4.69) is 9.97 Å². The van der Waals surface area contributed by atoms with Crippen LogP contribution in [0.25, 0.3) is 22.3 Å². The molecule has 1 amide bonds. The van der Waals surface area contributed by atoms with E-state index < -0.39 is 0 Å². The van der Waals surface area contributed by atoms with Crippen molar-refractivity contribution in [1.82, 2.24) is 19.4 Å². The number of benzene rings is 1. The van der Waals surface area contributed by atoms with E-state index in [1.54, 1.807) is 13.3 Å². The molecule has 1 aliphatic carbocycles. The third-order valence-electron chi connectivity index (χ3n) is 6.22. The van der Waals surface area contributed by atoms with Crippen LogP contribution in [-0.4, -0.2) is 45.5 Å². The number of methoxy groups -OCH3 is 1. The van der Waals surface area contributed by atoms with Crippen molar-refractivity contribution in [3.05, 3.63) is 47.0 Å². The Kier molecular flexibility index (Phi) is 4.81. The molecule has 2 aromatic heterocycles. The lowest BCUT2D eigenvalue weighted by atomic mass is 9.97. The molecule has 1 aromatic carbocycles. The van der Waals surface area contributed by atoms with Crippen LogP contribution >= 0.6 is 0 Å². The van der Waals surface area contributed by atoms with Crippen LogP contribution in [0.4, 0.5) is 0 Å². The Morgan fingerprint density at radius 1 is 1.27 bits per heavy atom. The first-order valence-corrected chi connectivity index (χ1v) is 10.6. The number of imidazole rings is 1. The maximum atomic E-state index is 12.8. The van der Waals surface area contributed by atoms with Gasteiger partial charge in [-0.25, -0.2) is 4.98 Å². The Balaban J connectivity index is 1.41. The van der Waals surface area contributed by atoms with Crippen molar-refractivity contribution >= 4 is 16.8 Å². The van der Waals surface area contributed by atoms with Gasteiger partial charge in [-0.15, -0.1) is 0 Å². The van der Waals surface area contributed by atoms with Crippen LogP contribution in [0.1, 0.15) is 25.7 Å². The fourth-order valence-electron chi connectivity index (χ4n) is 4.46. The van der Waals surface area contributed by atoms with E-state index in [1.165, 1.54) is 0 Å². The monoisotopic (exact) mass is 406 g/mol. The number of hydrogen-bond donors (Lipinski definition) is 1. The van der Waals surface area contributed by atoms with E-state index in [0.717, 1.165) is 62.0 Å². The van der Waals surface area contributed by atoms with Crippen molar-refractivity contribution in [3.63, 3.8) is 0 Å². The van der Waals surface area contributed by atoms with Gasteiger partial charge in [-0.05, 0) is 55.9 Å². The van der Waals surface area contributed by atoms with Gasteiger partial charge in [0.25, 0.3) is 5.56 Å². The summed E-state index contributed by atoms with van der Waals surface area (Å²) in [4.78, 5) is 34.7. The smallest absolute Gasteiger partial charge is 0.259 e. The van der Waals surface area contributed by atoms with E-state index in [1.807, 2.05) is 39.9 Å². The average molecular weight is 406 g/mol. The van der Waals surface area contributed by atoms with Gasteiger partial charge in [0.2, 0.25) is 5.91 Å². The number of nitrogens with zero attached hydrogens (tertiary/aromatic N) is 3. The molecular formula is C23H26N4O3. The Morgan fingerprint density at radius 3 is 2.93 bits per heavy atom. The van der Waals surface area contributed by atoms with Crippen molar-refractivity contribution in [2.45, 2.75) is 32.2 Å². The van der Waals surface area contributed by atoms with Gasteiger partial charge < -0.3 is 19.2 Å². The zero-order valence-corrected chi connectivity index (χ0v) is 17.1. The van der Waals surface area contributed by atoms with Crippen LogP contribution in [0.5, 0.6) is 5.75 Å². The second-order valence-corrected chi connectivity index (χ2v) is 8.44. The van der Waals surface area contributed by atoms with E-state index in [4.69, 9.17) is 4.74 Å². The van der Waals surface area contributed by atoms with Crippen molar-refractivity contribution < 1.29 is 9.53 Å². The van der Waals surface area contributed by atoms with Gasteiger partial charge >= 0.3 is 0 Å². The summed E-state index contributed by atoms with van der Waals surface area (Å²) >= 11 is 0. The summed E-state index contributed by atoms with van der Waals surface area (Å²) in [5, 5.41) is 0.900. The Morgan fingerprint density at radius 2 is 2.13 bits per heavy atom. The Hall–Kier alpha value is -3.09. The minimum Gasteiger partial charge on any atom is -0.497 e. The van der Waals surface area contributed by atoms with Crippen molar-refractivity contribution in [1.29, 1.82) is 0 Å². The highest BCUT2D eigenvalue weighted by molar-refractivity contribution is 5.83. The molecule has 3 aromatic rings. The summed E-state index contributed by atoms with van der Waals surface area (Å²) < 4.78 is 7.36. The zero-order chi connectivity index (χ0) is 20.7. The third kappa shape index (κ3) is 3.60. The van der Waals surface area contributed by atoms with Gasteiger partial charge in [-0.3, -0.25) is 9.59 Å². The standard InChI is InChI=1S/C23H26N4O3/c1-30-18-6-7-20-17(11-18)12-19(22(28)25-20)21-24-8-10-26(21)13-15-3-2-9-27(14-15)23(29)16-4-5-16/h6-8,10-12,15-16H,2-5,9,13-14H2,1H3,(H,25,28). The van der Waals surface area contributed by atoms with Crippen LogP contribution in [0, 0.1) is 11.8 Å². The molecule has 1 unspecified atom stereocenters. The maximum Gasteiger partial charge on any atom is 0.259 e. The highest BCUT2D eigenvalue weighted by Crippen LogP contribution is 2.33. The predicted octanol–water partition coefficient (Wildman–Crippen LogP) is 3.05. The number of H-pyrrole nitrogens is 1. The number of carbonyl (C=O) groups is 1. The molecule has 3 heterocycles. The Labute approximate surface area is 174 Å². The number of amides is 1. The first kappa shape index (κ1) is 18.9. The second-order valence-electron chi connectivity index (χ2n) is 8.44. The Bertz CT molecular complexity index is 1140. The van der Waals surface area contributed by atoms with Crippen LogP contribution in [0.3, 0.4) is 0 Å². The first-order chi connectivity index (χ1) is 14.6.